The van der Waals surface area contributed by atoms with Crippen molar-refractivity contribution in [3.63, 3.8) is 0 Å². The van der Waals surface area contributed by atoms with Crippen LogP contribution >= 0.6 is 0 Å². The molecule has 0 aliphatic heterocycles. The number of aryl methyl sites for hydroxylation is 2. The van der Waals surface area contributed by atoms with Gasteiger partial charge in [0.25, 0.3) is 11.6 Å². The van der Waals surface area contributed by atoms with Crippen molar-refractivity contribution in [3.05, 3.63) is 53.1 Å². The van der Waals surface area contributed by atoms with Gasteiger partial charge in [0.1, 0.15) is 5.82 Å². The summed E-state index contributed by atoms with van der Waals surface area (Å²) in [5.41, 5.74) is 2.53. The molecule has 106 valence electrons. The molecular weight excluding hydrogens is 273 g/mol. The number of carbonyl (C=O) groups excluding carboxylic acids is 1. The van der Waals surface area contributed by atoms with Crippen LogP contribution in [0.25, 0.3) is 11.1 Å². The number of rotatable bonds is 2. The molecule has 0 aliphatic carbocycles. The van der Waals surface area contributed by atoms with E-state index < -0.39 is 0 Å². The zero-order valence-electron chi connectivity index (χ0n) is 11.5. The molecule has 0 saturated carbocycles. The monoisotopic (exact) mass is 285 g/mol. The minimum atomic E-state index is -0.356. The van der Waals surface area contributed by atoms with Crippen molar-refractivity contribution >= 4 is 22.7 Å². The third kappa shape index (κ3) is 2.47. The second kappa shape index (κ2) is 4.97. The summed E-state index contributed by atoms with van der Waals surface area (Å²) in [7, 11) is 0. The molecule has 21 heavy (non-hydrogen) atoms. The van der Waals surface area contributed by atoms with Crippen molar-refractivity contribution in [3.8, 4) is 0 Å². The first-order valence-electron chi connectivity index (χ1n) is 6.35. The first-order chi connectivity index (χ1) is 10.0. The topological polar surface area (TPSA) is 68.0 Å². The molecule has 5 nitrogen and oxygen atoms in total. The van der Waals surface area contributed by atoms with Crippen molar-refractivity contribution in [1.82, 2.24) is 10.1 Å². The highest BCUT2D eigenvalue weighted by molar-refractivity contribution is 6.12. The molecule has 0 saturated heterocycles. The van der Waals surface area contributed by atoms with Crippen molar-refractivity contribution in [1.29, 1.82) is 0 Å². The van der Waals surface area contributed by atoms with E-state index in [4.69, 9.17) is 4.52 Å². The molecule has 0 fully saturated rings. The molecule has 0 aliphatic rings. The van der Waals surface area contributed by atoms with Gasteiger partial charge in [0.05, 0.1) is 16.6 Å². The lowest BCUT2D eigenvalue weighted by molar-refractivity contribution is 0.102. The zero-order valence-corrected chi connectivity index (χ0v) is 11.5. The Morgan fingerprint density at radius 2 is 1.95 bits per heavy atom. The number of halogens is 1. The van der Waals surface area contributed by atoms with E-state index in [2.05, 4.69) is 15.5 Å². The molecule has 1 N–H and O–H groups in total. The van der Waals surface area contributed by atoms with Gasteiger partial charge < -0.3 is 9.84 Å². The van der Waals surface area contributed by atoms with Crippen LogP contribution in [0, 0.1) is 19.7 Å². The lowest BCUT2D eigenvalue weighted by atomic mass is 10.1. The number of hydrogen-bond donors (Lipinski definition) is 1. The summed E-state index contributed by atoms with van der Waals surface area (Å²) in [4.78, 5) is 16.6. The molecule has 1 aromatic carbocycles. The molecule has 3 rings (SSSR count). The Hall–Kier alpha value is -2.76. The van der Waals surface area contributed by atoms with Crippen LogP contribution in [-0.4, -0.2) is 16.0 Å². The van der Waals surface area contributed by atoms with Gasteiger partial charge in [-0.3, -0.25) is 4.79 Å². The fraction of sp³-hybridized carbons (Fsp3) is 0.133. The van der Waals surface area contributed by atoms with Crippen molar-refractivity contribution in [2.75, 3.05) is 5.32 Å². The fourth-order valence-electron chi connectivity index (χ4n) is 2.13. The predicted molar refractivity (Wildman–Crippen MR) is 75.6 cm³/mol. The van der Waals surface area contributed by atoms with E-state index in [1.165, 1.54) is 24.3 Å². The molecule has 1 amide bonds. The predicted octanol–water partition coefficient (Wildman–Crippen LogP) is 3.23. The van der Waals surface area contributed by atoms with Crippen molar-refractivity contribution in [2.24, 2.45) is 0 Å². The summed E-state index contributed by atoms with van der Waals surface area (Å²) in [5.74, 6) is -0.673. The highest BCUT2D eigenvalue weighted by Gasteiger charge is 2.17. The number of anilines is 1. The van der Waals surface area contributed by atoms with E-state index in [1.807, 2.05) is 0 Å². The van der Waals surface area contributed by atoms with E-state index >= 15 is 0 Å². The maximum absolute atomic E-state index is 12.9. The number of hydrogen-bond acceptors (Lipinski definition) is 4. The van der Waals surface area contributed by atoms with E-state index in [-0.39, 0.29) is 11.7 Å². The van der Waals surface area contributed by atoms with Gasteiger partial charge in [0.15, 0.2) is 0 Å². The molecule has 0 unspecified atom stereocenters. The zero-order chi connectivity index (χ0) is 15.0. The third-order valence-electron chi connectivity index (χ3n) is 3.09. The fourth-order valence-corrected chi connectivity index (χ4v) is 2.13. The smallest absolute Gasteiger partial charge is 0.258 e. The Balaban J connectivity index is 2.01. The Bertz CT molecular complexity index is 825. The van der Waals surface area contributed by atoms with Gasteiger partial charge in [-0.15, -0.1) is 0 Å². The lowest BCUT2D eigenvalue weighted by Crippen LogP contribution is -2.13. The highest BCUT2D eigenvalue weighted by Crippen LogP contribution is 2.23. The number of pyridine rings is 1. The van der Waals surface area contributed by atoms with Gasteiger partial charge in [0, 0.05) is 11.4 Å². The number of benzene rings is 1. The largest absolute Gasteiger partial charge is 0.336 e. The maximum atomic E-state index is 12.9. The summed E-state index contributed by atoms with van der Waals surface area (Å²) >= 11 is 0. The van der Waals surface area contributed by atoms with E-state index in [1.54, 1.807) is 19.9 Å². The normalized spacial score (nSPS) is 10.8. The summed E-state index contributed by atoms with van der Waals surface area (Å²) in [6.45, 7) is 3.52. The van der Waals surface area contributed by atoms with Crippen LogP contribution in [0.15, 0.2) is 34.9 Å². The van der Waals surface area contributed by atoms with Crippen molar-refractivity contribution in [2.45, 2.75) is 13.8 Å². The molecule has 0 radical (unpaired) electrons. The quantitative estimate of drug-likeness (QED) is 0.785. The highest BCUT2D eigenvalue weighted by atomic mass is 19.1. The number of amides is 1. The molecule has 0 spiro atoms. The first kappa shape index (κ1) is 13.2. The standard InChI is InChI=1S/C15H12FN3O2/c1-8-7-12(13-9(2)19-21-15(13)17-8)14(20)18-11-5-3-10(16)4-6-11/h3-7H,1-2H3,(H,18,20). The molecule has 0 atom stereocenters. The molecule has 3 aromatic rings. The summed E-state index contributed by atoms with van der Waals surface area (Å²) in [6, 6.07) is 7.24. The van der Waals surface area contributed by atoms with E-state index in [0.717, 1.165) is 0 Å². The molecule has 6 heteroatoms. The Morgan fingerprint density at radius 1 is 1.24 bits per heavy atom. The molecule has 2 heterocycles. The Kier molecular flexibility index (Phi) is 3.13. The SMILES string of the molecule is Cc1cc(C(=O)Nc2ccc(F)cc2)c2c(C)noc2n1. The summed E-state index contributed by atoms with van der Waals surface area (Å²) in [5, 5.41) is 7.13. The molecule has 0 bridgehead atoms. The minimum absolute atomic E-state index is 0.316. The number of aromatic nitrogens is 2. The second-order valence-electron chi connectivity index (χ2n) is 4.72. The Morgan fingerprint density at radius 3 is 2.67 bits per heavy atom. The average molecular weight is 285 g/mol. The number of nitrogens with one attached hydrogen (secondary N) is 1. The first-order valence-corrected chi connectivity index (χ1v) is 6.35. The van der Waals surface area contributed by atoms with Crippen LogP contribution in [0.4, 0.5) is 10.1 Å². The van der Waals surface area contributed by atoms with Crippen LogP contribution in [-0.2, 0) is 0 Å². The van der Waals surface area contributed by atoms with Gasteiger partial charge in [-0.05, 0) is 44.2 Å². The van der Waals surface area contributed by atoms with E-state index in [0.29, 0.717) is 33.7 Å². The minimum Gasteiger partial charge on any atom is -0.336 e. The van der Waals surface area contributed by atoms with Gasteiger partial charge in [-0.25, -0.2) is 9.37 Å². The van der Waals surface area contributed by atoms with Crippen LogP contribution < -0.4 is 5.32 Å². The van der Waals surface area contributed by atoms with Gasteiger partial charge in [-0.1, -0.05) is 5.16 Å². The maximum Gasteiger partial charge on any atom is 0.258 e. The number of nitrogens with zero attached hydrogens (tertiary/aromatic N) is 2. The van der Waals surface area contributed by atoms with Gasteiger partial charge >= 0.3 is 0 Å². The average Bonchev–Trinajstić information content (AvgIpc) is 2.82. The summed E-state index contributed by atoms with van der Waals surface area (Å²) in [6.07, 6.45) is 0. The number of carbonyl (C=O) groups is 1. The Labute approximate surface area is 119 Å². The van der Waals surface area contributed by atoms with Crippen LogP contribution in [0.3, 0.4) is 0 Å². The third-order valence-corrected chi connectivity index (χ3v) is 3.09. The van der Waals surface area contributed by atoms with Gasteiger partial charge in [-0.2, -0.15) is 0 Å². The molecular formula is C15H12FN3O2. The van der Waals surface area contributed by atoms with Crippen LogP contribution in [0.1, 0.15) is 21.7 Å². The molecule has 2 aromatic heterocycles. The summed E-state index contributed by atoms with van der Waals surface area (Å²) < 4.78 is 18.0. The van der Waals surface area contributed by atoms with Crippen molar-refractivity contribution < 1.29 is 13.7 Å². The lowest BCUT2D eigenvalue weighted by Gasteiger charge is -2.06. The van der Waals surface area contributed by atoms with Crippen LogP contribution in [0.5, 0.6) is 0 Å². The van der Waals surface area contributed by atoms with E-state index in [9.17, 15) is 9.18 Å². The van der Waals surface area contributed by atoms with Gasteiger partial charge in [0.2, 0.25) is 0 Å². The second-order valence-corrected chi connectivity index (χ2v) is 4.72. The van der Waals surface area contributed by atoms with Crippen LogP contribution in [0.2, 0.25) is 0 Å². The number of fused-ring (bicyclic) bond motifs is 1.